The van der Waals surface area contributed by atoms with Gasteiger partial charge in [0.15, 0.2) is 4.80 Å². The molecular formula is C18H15N3O5S2. The number of thiophene rings is 1. The van der Waals surface area contributed by atoms with Gasteiger partial charge in [0.05, 0.1) is 21.7 Å². The van der Waals surface area contributed by atoms with Crippen LogP contribution in [0, 0.1) is 10.1 Å². The predicted molar refractivity (Wildman–Crippen MR) is 107 cm³/mol. The Labute approximate surface area is 167 Å². The van der Waals surface area contributed by atoms with Gasteiger partial charge in [0, 0.05) is 23.1 Å². The number of rotatable bonds is 6. The minimum Gasteiger partial charge on any atom is -0.465 e. The molecule has 0 saturated carbocycles. The number of nitrogens with zero attached hydrogens (tertiary/aromatic N) is 3. The van der Waals surface area contributed by atoms with Crippen LogP contribution in [-0.2, 0) is 20.9 Å². The molecule has 0 unspecified atom stereocenters. The van der Waals surface area contributed by atoms with Crippen molar-refractivity contribution in [2.24, 2.45) is 4.99 Å². The van der Waals surface area contributed by atoms with Crippen molar-refractivity contribution in [3.63, 3.8) is 0 Å². The Morgan fingerprint density at radius 2 is 2.18 bits per heavy atom. The topological polar surface area (TPSA) is 104 Å². The first-order chi connectivity index (χ1) is 13.5. The van der Waals surface area contributed by atoms with Crippen LogP contribution in [0.2, 0.25) is 0 Å². The number of amides is 1. The van der Waals surface area contributed by atoms with Crippen molar-refractivity contribution < 1.29 is 19.2 Å². The number of esters is 1. The second kappa shape index (κ2) is 8.72. The maximum atomic E-state index is 12.2. The van der Waals surface area contributed by atoms with Crippen LogP contribution in [0.1, 0.15) is 11.8 Å². The zero-order valence-corrected chi connectivity index (χ0v) is 16.4. The van der Waals surface area contributed by atoms with E-state index in [0.29, 0.717) is 10.2 Å². The number of hydrogen-bond donors (Lipinski definition) is 0. The van der Waals surface area contributed by atoms with Crippen LogP contribution in [0.4, 0.5) is 5.69 Å². The molecule has 2 heterocycles. The van der Waals surface area contributed by atoms with E-state index in [2.05, 4.69) is 4.99 Å². The monoisotopic (exact) mass is 417 g/mol. The van der Waals surface area contributed by atoms with E-state index in [1.165, 1.54) is 40.2 Å². The van der Waals surface area contributed by atoms with Crippen LogP contribution in [0.3, 0.4) is 0 Å². The number of aromatic nitrogens is 1. The lowest BCUT2D eigenvalue weighted by Gasteiger charge is -2.04. The molecule has 0 N–H and O–H groups in total. The summed E-state index contributed by atoms with van der Waals surface area (Å²) in [5, 5.41) is 12.9. The Bertz CT molecular complexity index is 1130. The molecule has 0 atom stereocenters. The van der Waals surface area contributed by atoms with Crippen molar-refractivity contribution in [3.05, 3.63) is 61.6 Å². The summed E-state index contributed by atoms with van der Waals surface area (Å²) >= 11 is 2.59. The van der Waals surface area contributed by atoms with Gasteiger partial charge in [0.1, 0.15) is 6.54 Å². The highest BCUT2D eigenvalue weighted by Gasteiger charge is 2.15. The van der Waals surface area contributed by atoms with Crippen LogP contribution in [0.5, 0.6) is 0 Å². The average molecular weight is 417 g/mol. The summed E-state index contributed by atoms with van der Waals surface area (Å²) in [4.78, 5) is 40.0. The first-order valence-corrected chi connectivity index (χ1v) is 9.91. The van der Waals surface area contributed by atoms with Gasteiger partial charge >= 0.3 is 5.97 Å². The largest absolute Gasteiger partial charge is 0.465 e. The molecule has 10 heteroatoms. The van der Waals surface area contributed by atoms with E-state index in [-0.39, 0.29) is 23.6 Å². The third kappa shape index (κ3) is 4.59. The molecule has 0 radical (unpaired) electrons. The van der Waals surface area contributed by atoms with Crippen molar-refractivity contribution in [1.29, 1.82) is 0 Å². The number of nitro benzene ring substituents is 1. The summed E-state index contributed by atoms with van der Waals surface area (Å²) in [6.45, 7) is 1.77. The van der Waals surface area contributed by atoms with Crippen LogP contribution < -0.4 is 4.80 Å². The van der Waals surface area contributed by atoms with Crippen molar-refractivity contribution in [2.45, 2.75) is 13.5 Å². The standard InChI is InChI=1S/C18H15N3O5S2/c1-2-26-17(23)11-20-14-7-5-12(21(24)25)10-15(14)28-18(20)19-16(22)8-6-13-4-3-9-27-13/h3-10H,2,11H2,1H3. The van der Waals surface area contributed by atoms with Crippen molar-refractivity contribution >= 4 is 56.5 Å². The van der Waals surface area contributed by atoms with Crippen LogP contribution in [-0.4, -0.2) is 28.0 Å². The number of hydrogen-bond acceptors (Lipinski definition) is 7. The molecule has 0 aliphatic heterocycles. The van der Waals surface area contributed by atoms with Crippen molar-refractivity contribution in [2.75, 3.05) is 6.61 Å². The fourth-order valence-corrected chi connectivity index (χ4v) is 4.11. The SMILES string of the molecule is CCOC(=O)Cn1c(=NC(=O)C=Cc2cccs2)sc2cc([N+](=O)[O-])ccc21. The maximum Gasteiger partial charge on any atom is 0.326 e. The molecule has 3 aromatic rings. The molecule has 0 fully saturated rings. The second-order valence-electron chi connectivity index (χ2n) is 5.48. The zero-order chi connectivity index (χ0) is 20.1. The molecular weight excluding hydrogens is 402 g/mol. The summed E-state index contributed by atoms with van der Waals surface area (Å²) < 4.78 is 7.05. The van der Waals surface area contributed by atoms with Crippen molar-refractivity contribution in [3.8, 4) is 0 Å². The van der Waals surface area contributed by atoms with Gasteiger partial charge in [-0.05, 0) is 30.5 Å². The molecule has 1 aromatic carbocycles. The maximum absolute atomic E-state index is 12.2. The number of non-ortho nitro benzene ring substituents is 1. The fraction of sp³-hybridized carbons (Fsp3) is 0.167. The third-order valence-electron chi connectivity index (χ3n) is 3.61. The van der Waals surface area contributed by atoms with Crippen LogP contribution in [0.15, 0.2) is 46.8 Å². The Balaban J connectivity index is 2.03. The fourth-order valence-electron chi connectivity index (χ4n) is 2.42. The van der Waals surface area contributed by atoms with Gasteiger partial charge in [-0.25, -0.2) is 0 Å². The Morgan fingerprint density at radius 3 is 2.86 bits per heavy atom. The van der Waals surface area contributed by atoms with E-state index < -0.39 is 16.8 Å². The van der Waals surface area contributed by atoms with Gasteiger partial charge in [-0.2, -0.15) is 4.99 Å². The summed E-state index contributed by atoms with van der Waals surface area (Å²) in [6, 6.07) is 8.02. The van der Waals surface area contributed by atoms with E-state index in [1.54, 1.807) is 13.0 Å². The molecule has 0 saturated heterocycles. The summed E-state index contributed by atoms with van der Waals surface area (Å²) in [6.07, 6.45) is 3.00. The Morgan fingerprint density at radius 1 is 1.36 bits per heavy atom. The van der Waals surface area contributed by atoms with Gasteiger partial charge in [0.2, 0.25) is 0 Å². The van der Waals surface area contributed by atoms with E-state index in [9.17, 15) is 19.7 Å². The molecule has 0 aliphatic rings. The number of fused-ring (bicyclic) bond motifs is 1. The Hall–Kier alpha value is -3.11. The number of carbonyl (C=O) groups is 2. The molecule has 2 aromatic heterocycles. The molecule has 0 aliphatic carbocycles. The molecule has 1 amide bonds. The molecule has 28 heavy (non-hydrogen) atoms. The van der Waals surface area contributed by atoms with Crippen molar-refractivity contribution in [1.82, 2.24) is 4.57 Å². The molecule has 0 spiro atoms. The quantitative estimate of drug-likeness (QED) is 0.265. The number of thiazole rings is 1. The van der Waals surface area contributed by atoms with Crippen LogP contribution in [0.25, 0.3) is 16.3 Å². The average Bonchev–Trinajstić information content (AvgIpc) is 3.28. The first kappa shape index (κ1) is 19.6. The molecule has 8 nitrogen and oxygen atoms in total. The van der Waals surface area contributed by atoms with Crippen LogP contribution >= 0.6 is 22.7 Å². The highest BCUT2D eigenvalue weighted by atomic mass is 32.1. The van der Waals surface area contributed by atoms with Gasteiger partial charge in [-0.15, -0.1) is 11.3 Å². The predicted octanol–water partition coefficient (Wildman–Crippen LogP) is 3.38. The minimum absolute atomic E-state index is 0.0764. The molecule has 0 bridgehead atoms. The van der Waals surface area contributed by atoms with Gasteiger partial charge < -0.3 is 9.30 Å². The lowest BCUT2D eigenvalue weighted by molar-refractivity contribution is -0.384. The normalized spacial score (nSPS) is 12.0. The van der Waals surface area contributed by atoms with E-state index in [0.717, 1.165) is 16.2 Å². The van der Waals surface area contributed by atoms with Gasteiger partial charge in [-0.3, -0.25) is 19.7 Å². The second-order valence-corrected chi connectivity index (χ2v) is 7.47. The van der Waals surface area contributed by atoms with Gasteiger partial charge in [-0.1, -0.05) is 17.4 Å². The Kier molecular flexibility index (Phi) is 6.12. The van der Waals surface area contributed by atoms with E-state index >= 15 is 0 Å². The number of nitro groups is 1. The minimum atomic E-state index is -0.499. The number of benzene rings is 1. The highest BCUT2D eigenvalue weighted by Crippen LogP contribution is 2.23. The highest BCUT2D eigenvalue weighted by molar-refractivity contribution is 7.16. The summed E-state index contributed by atoms with van der Waals surface area (Å²) in [7, 11) is 0. The zero-order valence-electron chi connectivity index (χ0n) is 14.7. The number of ether oxygens (including phenoxy) is 1. The van der Waals surface area contributed by atoms with E-state index in [1.807, 2.05) is 17.5 Å². The molecule has 3 rings (SSSR count). The lowest BCUT2D eigenvalue weighted by atomic mass is 10.3. The number of carbonyl (C=O) groups excluding carboxylic acids is 2. The van der Waals surface area contributed by atoms with E-state index in [4.69, 9.17) is 4.74 Å². The summed E-state index contributed by atoms with van der Waals surface area (Å²) in [5.41, 5.74) is 0.491. The third-order valence-corrected chi connectivity index (χ3v) is 5.49. The van der Waals surface area contributed by atoms with Gasteiger partial charge in [0.25, 0.3) is 11.6 Å². The molecule has 144 valence electrons. The smallest absolute Gasteiger partial charge is 0.326 e. The summed E-state index contributed by atoms with van der Waals surface area (Å²) in [5.74, 6) is -0.976. The first-order valence-electron chi connectivity index (χ1n) is 8.21. The lowest BCUT2D eigenvalue weighted by Crippen LogP contribution is -2.22.